The molecule has 0 aliphatic rings. The highest BCUT2D eigenvalue weighted by Crippen LogP contribution is 2.28. The average Bonchev–Trinajstić information content (AvgIpc) is 2.68. The van der Waals surface area contributed by atoms with Gasteiger partial charge in [0.25, 0.3) is 0 Å². The van der Waals surface area contributed by atoms with E-state index in [0.29, 0.717) is 44.3 Å². The average molecular weight is 368 g/mol. The van der Waals surface area contributed by atoms with Gasteiger partial charge in [-0.05, 0) is 43.2 Å². The summed E-state index contributed by atoms with van der Waals surface area (Å²) in [6.45, 7) is 3.74. The molecule has 0 saturated carbocycles. The Kier molecular flexibility index (Phi) is 8.51. The zero-order valence-electron chi connectivity index (χ0n) is 15.4. The third-order valence-corrected chi connectivity index (χ3v) is 3.64. The van der Waals surface area contributed by atoms with Crippen LogP contribution in [0.4, 0.5) is 0 Å². The highest BCUT2D eigenvalue weighted by atomic mass is 16.5. The van der Waals surface area contributed by atoms with Crippen molar-refractivity contribution in [1.29, 1.82) is 5.26 Å². The molecule has 2 aromatic rings. The first kappa shape index (κ1) is 20.1. The minimum atomic E-state index is -0.263. The second-order valence-electron chi connectivity index (χ2n) is 5.66. The van der Waals surface area contributed by atoms with Gasteiger partial charge in [0.1, 0.15) is 25.4 Å². The van der Waals surface area contributed by atoms with Gasteiger partial charge in [-0.2, -0.15) is 5.26 Å². The van der Waals surface area contributed by atoms with Crippen LogP contribution in [0.5, 0.6) is 17.2 Å². The fourth-order valence-corrected chi connectivity index (χ4v) is 2.40. The molecule has 0 fully saturated rings. The van der Waals surface area contributed by atoms with Crippen molar-refractivity contribution in [3.63, 3.8) is 0 Å². The van der Waals surface area contributed by atoms with Crippen molar-refractivity contribution in [3.05, 3.63) is 54.1 Å². The molecule has 0 radical (unpaired) electrons. The lowest BCUT2D eigenvalue weighted by molar-refractivity contribution is -0.120. The molecule has 0 spiro atoms. The Morgan fingerprint density at radius 1 is 1.04 bits per heavy atom. The molecule has 142 valence electrons. The predicted molar refractivity (Wildman–Crippen MR) is 102 cm³/mol. The molecule has 6 nitrogen and oxygen atoms in total. The molecule has 0 aliphatic carbocycles. The minimum absolute atomic E-state index is 0.123. The van der Waals surface area contributed by atoms with Crippen molar-refractivity contribution in [1.82, 2.24) is 5.32 Å². The molecule has 0 unspecified atom stereocenters. The van der Waals surface area contributed by atoms with E-state index in [2.05, 4.69) is 5.32 Å². The summed E-state index contributed by atoms with van der Waals surface area (Å²) in [6, 6.07) is 17.1. The maximum Gasteiger partial charge on any atom is 0.234 e. The number of benzene rings is 2. The maximum absolute atomic E-state index is 11.3. The number of carbonyl (C=O) groups is 1. The molecular weight excluding hydrogens is 344 g/mol. The summed E-state index contributed by atoms with van der Waals surface area (Å²) in [5.41, 5.74) is 1.02. The lowest BCUT2D eigenvalue weighted by atomic mass is 10.1. The lowest BCUT2D eigenvalue weighted by Gasteiger charge is -2.14. The normalized spacial score (nSPS) is 9.93. The number of nitriles is 1. The van der Waals surface area contributed by atoms with Gasteiger partial charge in [0.05, 0.1) is 12.7 Å². The van der Waals surface area contributed by atoms with Crippen LogP contribution < -0.4 is 19.5 Å². The summed E-state index contributed by atoms with van der Waals surface area (Å²) in [5.74, 6) is 1.87. The number of nitrogens with zero attached hydrogens (tertiary/aromatic N) is 1. The van der Waals surface area contributed by atoms with Crippen molar-refractivity contribution in [3.8, 4) is 23.3 Å². The Morgan fingerprint density at radius 2 is 1.81 bits per heavy atom. The fraction of sp³-hybridized carbons (Fsp3) is 0.333. The van der Waals surface area contributed by atoms with Crippen LogP contribution in [0.15, 0.2) is 48.5 Å². The van der Waals surface area contributed by atoms with E-state index in [-0.39, 0.29) is 12.3 Å². The minimum Gasteiger partial charge on any atom is -0.490 e. The Hall–Kier alpha value is -3.20. The molecule has 0 saturated heterocycles. The number of para-hydroxylation sites is 1. The molecule has 2 rings (SSSR count). The van der Waals surface area contributed by atoms with Crippen molar-refractivity contribution in [2.75, 3.05) is 26.4 Å². The number of nitrogens with one attached hydrogen (secondary N) is 1. The van der Waals surface area contributed by atoms with E-state index in [9.17, 15) is 4.79 Å². The van der Waals surface area contributed by atoms with E-state index in [0.717, 1.165) is 11.3 Å². The van der Waals surface area contributed by atoms with Gasteiger partial charge in [0.15, 0.2) is 11.5 Å². The van der Waals surface area contributed by atoms with E-state index in [1.807, 2.05) is 61.5 Å². The molecule has 0 aromatic heterocycles. The van der Waals surface area contributed by atoms with Gasteiger partial charge in [0, 0.05) is 6.54 Å². The summed E-state index contributed by atoms with van der Waals surface area (Å²) >= 11 is 0. The highest BCUT2D eigenvalue weighted by Gasteiger charge is 2.08. The Morgan fingerprint density at radius 3 is 2.56 bits per heavy atom. The summed E-state index contributed by atoms with van der Waals surface area (Å²) in [6.07, 6.45) is 0.524. The summed E-state index contributed by atoms with van der Waals surface area (Å²) in [4.78, 5) is 11.3. The van der Waals surface area contributed by atoms with Crippen molar-refractivity contribution < 1.29 is 19.0 Å². The Bertz CT molecular complexity index is 757. The molecule has 0 aliphatic heterocycles. The first-order chi connectivity index (χ1) is 13.2. The van der Waals surface area contributed by atoms with Gasteiger partial charge in [-0.3, -0.25) is 4.79 Å². The van der Waals surface area contributed by atoms with Crippen LogP contribution in [0.1, 0.15) is 18.9 Å². The van der Waals surface area contributed by atoms with Crippen LogP contribution in [-0.2, 0) is 11.2 Å². The van der Waals surface area contributed by atoms with Crippen LogP contribution >= 0.6 is 0 Å². The van der Waals surface area contributed by atoms with Crippen LogP contribution in [0.25, 0.3) is 0 Å². The summed E-state index contributed by atoms with van der Waals surface area (Å²) in [5, 5.41) is 11.2. The summed E-state index contributed by atoms with van der Waals surface area (Å²) < 4.78 is 17.1. The summed E-state index contributed by atoms with van der Waals surface area (Å²) in [7, 11) is 0. The van der Waals surface area contributed by atoms with Gasteiger partial charge in [-0.1, -0.05) is 24.3 Å². The van der Waals surface area contributed by atoms with Crippen molar-refractivity contribution in [2.45, 2.75) is 19.8 Å². The standard InChI is InChI=1S/C21H24N2O4/c1-2-25-20-16-17(11-13-23-21(24)10-12-22)8-9-19(20)27-15-14-26-18-6-4-3-5-7-18/h3-9,16H,2,10-11,13-15H2,1H3,(H,23,24). The van der Waals surface area contributed by atoms with Crippen LogP contribution in [-0.4, -0.2) is 32.3 Å². The number of hydrogen-bond acceptors (Lipinski definition) is 5. The first-order valence-electron chi connectivity index (χ1n) is 8.93. The second-order valence-corrected chi connectivity index (χ2v) is 5.66. The number of ether oxygens (including phenoxy) is 3. The van der Waals surface area contributed by atoms with E-state index in [1.54, 1.807) is 0 Å². The van der Waals surface area contributed by atoms with Crippen LogP contribution in [0, 0.1) is 11.3 Å². The number of hydrogen-bond donors (Lipinski definition) is 1. The van der Waals surface area contributed by atoms with Crippen LogP contribution in [0.2, 0.25) is 0 Å². The van der Waals surface area contributed by atoms with Gasteiger partial charge in [-0.15, -0.1) is 0 Å². The van der Waals surface area contributed by atoms with Gasteiger partial charge >= 0.3 is 0 Å². The topological polar surface area (TPSA) is 80.6 Å². The zero-order chi connectivity index (χ0) is 19.3. The predicted octanol–water partition coefficient (Wildman–Crippen LogP) is 3.12. The molecule has 27 heavy (non-hydrogen) atoms. The molecule has 0 bridgehead atoms. The van der Waals surface area contributed by atoms with Gasteiger partial charge in [-0.25, -0.2) is 0 Å². The third-order valence-electron chi connectivity index (χ3n) is 3.64. The molecule has 2 aromatic carbocycles. The van der Waals surface area contributed by atoms with Gasteiger partial charge < -0.3 is 19.5 Å². The molecule has 0 atom stereocenters. The monoisotopic (exact) mass is 368 g/mol. The van der Waals surface area contributed by atoms with Crippen molar-refractivity contribution >= 4 is 5.91 Å². The Balaban J connectivity index is 1.84. The largest absolute Gasteiger partial charge is 0.490 e. The third kappa shape index (κ3) is 7.28. The molecule has 1 N–H and O–H groups in total. The van der Waals surface area contributed by atoms with Gasteiger partial charge in [0.2, 0.25) is 5.91 Å². The van der Waals surface area contributed by atoms with E-state index < -0.39 is 0 Å². The lowest BCUT2D eigenvalue weighted by Crippen LogP contribution is -2.24. The number of rotatable bonds is 11. The van der Waals surface area contributed by atoms with E-state index in [4.69, 9.17) is 19.5 Å². The second kappa shape index (κ2) is 11.4. The Labute approximate surface area is 159 Å². The zero-order valence-corrected chi connectivity index (χ0v) is 15.4. The first-order valence-corrected chi connectivity index (χ1v) is 8.93. The molecular formula is C21H24N2O4. The van der Waals surface area contributed by atoms with E-state index in [1.165, 1.54) is 0 Å². The quantitative estimate of drug-likeness (QED) is 0.617. The number of carbonyl (C=O) groups excluding carboxylic acids is 1. The van der Waals surface area contributed by atoms with E-state index >= 15 is 0 Å². The smallest absolute Gasteiger partial charge is 0.234 e. The molecule has 6 heteroatoms. The molecule has 1 amide bonds. The maximum atomic E-state index is 11.3. The number of amides is 1. The van der Waals surface area contributed by atoms with Crippen molar-refractivity contribution in [2.24, 2.45) is 0 Å². The van der Waals surface area contributed by atoms with Crippen LogP contribution in [0.3, 0.4) is 0 Å². The molecule has 0 heterocycles. The SMILES string of the molecule is CCOc1cc(CCNC(=O)CC#N)ccc1OCCOc1ccccc1. The fourth-order valence-electron chi connectivity index (χ4n) is 2.40. The highest BCUT2D eigenvalue weighted by molar-refractivity contribution is 5.77.